The molecule has 0 atom stereocenters. The van der Waals surface area contributed by atoms with E-state index in [-0.39, 0.29) is 23.5 Å². The second kappa shape index (κ2) is 6.96. The van der Waals surface area contributed by atoms with Gasteiger partial charge < -0.3 is 5.11 Å². The van der Waals surface area contributed by atoms with Crippen molar-refractivity contribution in [1.82, 2.24) is 4.72 Å². The number of rotatable bonds is 8. The van der Waals surface area contributed by atoms with E-state index in [0.29, 0.717) is 12.8 Å². The van der Waals surface area contributed by atoms with Crippen LogP contribution in [0.1, 0.15) is 19.3 Å². The van der Waals surface area contributed by atoms with Crippen LogP contribution in [0.5, 0.6) is 0 Å². The molecule has 9 heteroatoms. The normalized spacial score (nSPS) is 11.2. The average Bonchev–Trinajstić information content (AvgIpc) is 2.38. The highest BCUT2D eigenvalue weighted by molar-refractivity contribution is 7.89. The molecule has 0 aliphatic carbocycles. The number of sulfonamides is 1. The Balaban J connectivity index is 2.56. The van der Waals surface area contributed by atoms with Gasteiger partial charge in [-0.2, -0.15) is 0 Å². The Labute approximate surface area is 115 Å². The number of carboxylic acid groups (broad SMARTS) is 1. The molecular weight excluding hydrogens is 288 g/mol. The minimum Gasteiger partial charge on any atom is -0.481 e. The monoisotopic (exact) mass is 302 g/mol. The molecule has 0 radical (unpaired) electrons. The van der Waals surface area contributed by atoms with Gasteiger partial charge >= 0.3 is 5.97 Å². The largest absolute Gasteiger partial charge is 0.481 e. The molecular formula is C11H14N2O6S. The molecule has 1 aromatic rings. The van der Waals surface area contributed by atoms with Crippen LogP contribution in [0.4, 0.5) is 5.69 Å². The molecule has 0 aliphatic rings. The van der Waals surface area contributed by atoms with Crippen LogP contribution in [-0.2, 0) is 14.8 Å². The third kappa shape index (κ3) is 4.94. The summed E-state index contributed by atoms with van der Waals surface area (Å²) >= 11 is 0. The lowest BCUT2D eigenvalue weighted by Gasteiger charge is -2.06. The summed E-state index contributed by atoms with van der Waals surface area (Å²) in [6.45, 7) is 0.118. The number of unbranched alkanes of at least 4 members (excludes halogenated alkanes) is 1. The number of aliphatic carboxylic acids is 1. The van der Waals surface area contributed by atoms with Gasteiger partial charge in [0.05, 0.1) is 9.82 Å². The summed E-state index contributed by atoms with van der Waals surface area (Å²) < 4.78 is 25.9. The Morgan fingerprint density at radius 3 is 2.35 bits per heavy atom. The molecule has 0 aromatic heterocycles. The average molecular weight is 302 g/mol. The molecule has 0 saturated carbocycles. The molecule has 20 heavy (non-hydrogen) atoms. The fourth-order valence-electron chi connectivity index (χ4n) is 1.44. The van der Waals surface area contributed by atoms with Gasteiger partial charge in [0.15, 0.2) is 0 Å². The summed E-state index contributed by atoms with van der Waals surface area (Å²) in [5.74, 6) is -0.928. The highest BCUT2D eigenvalue weighted by atomic mass is 32.2. The second-order valence-electron chi connectivity index (χ2n) is 4.00. The van der Waals surface area contributed by atoms with Crippen LogP contribution in [0.15, 0.2) is 29.2 Å². The molecule has 1 aromatic carbocycles. The first kappa shape index (κ1) is 16.1. The number of nitrogens with zero attached hydrogens (tertiary/aromatic N) is 1. The summed E-state index contributed by atoms with van der Waals surface area (Å²) in [6, 6.07) is 4.52. The summed E-state index contributed by atoms with van der Waals surface area (Å²) in [6.07, 6.45) is 0.760. The first-order chi connectivity index (χ1) is 9.33. The van der Waals surface area contributed by atoms with Gasteiger partial charge in [0.2, 0.25) is 10.0 Å². The van der Waals surface area contributed by atoms with E-state index in [1.807, 2.05) is 0 Å². The SMILES string of the molecule is O=C(O)CCCCNS(=O)(=O)c1ccc([N+](=O)[O-])cc1. The van der Waals surface area contributed by atoms with Gasteiger partial charge in [-0.1, -0.05) is 0 Å². The van der Waals surface area contributed by atoms with Crippen molar-refractivity contribution in [3.63, 3.8) is 0 Å². The van der Waals surface area contributed by atoms with Gasteiger partial charge in [-0.05, 0) is 25.0 Å². The van der Waals surface area contributed by atoms with Gasteiger partial charge in [0, 0.05) is 25.1 Å². The molecule has 0 saturated heterocycles. The van der Waals surface area contributed by atoms with Crippen LogP contribution in [0.2, 0.25) is 0 Å². The third-order valence-electron chi connectivity index (χ3n) is 2.47. The van der Waals surface area contributed by atoms with Crippen molar-refractivity contribution in [2.24, 2.45) is 0 Å². The fourth-order valence-corrected chi connectivity index (χ4v) is 2.51. The van der Waals surface area contributed by atoms with Gasteiger partial charge in [0.25, 0.3) is 5.69 Å². The molecule has 0 spiro atoms. The molecule has 0 aliphatic heterocycles. The van der Waals surface area contributed by atoms with Crippen molar-refractivity contribution >= 4 is 21.7 Å². The standard InChI is InChI=1S/C11H14N2O6S/c14-11(15)3-1-2-8-12-20(18,19)10-6-4-9(5-7-10)13(16)17/h4-7,12H,1-3,8H2,(H,14,15). The number of carboxylic acids is 1. The number of hydrogen-bond acceptors (Lipinski definition) is 5. The topological polar surface area (TPSA) is 127 Å². The molecule has 0 amide bonds. The van der Waals surface area contributed by atoms with Crippen molar-refractivity contribution in [3.05, 3.63) is 34.4 Å². The number of non-ortho nitro benzene ring substituents is 1. The van der Waals surface area contributed by atoms with Crippen molar-refractivity contribution < 1.29 is 23.2 Å². The lowest BCUT2D eigenvalue weighted by atomic mass is 10.2. The van der Waals surface area contributed by atoms with Crippen molar-refractivity contribution in [2.75, 3.05) is 6.54 Å². The number of benzene rings is 1. The summed E-state index contributed by atoms with van der Waals surface area (Å²) in [5.41, 5.74) is -0.189. The molecule has 0 unspecified atom stereocenters. The van der Waals surface area contributed by atoms with E-state index in [2.05, 4.69) is 4.72 Å². The van der Waals surface area contributed by atoms with E-state index < -0.39 is 20.9 Å². The fraction of sp³-hybridized carbons (Fsp3) is 0.364. The number of nitro groups is 1. The van der Waals surface area contributed by atoms with Crippen LogP contribution in [0.3, 0.4) is 0 Å². The first-order valence-electron chi connectivity index (χ1n) is 5.79. The van der Waals surface area contributed by atoms with Crippen molar-refractivity contribution in [1.29, 1.82) is 0 Å². The van der Waals surface area contributed by atoms with E-state index in [1.54, 1.807) is 0 Å². The summed E-state index contributed by atoms with van der Waals surface area (Å²) in [4.78, 5) is 20.0. The Hall–Kier alpha value is -2.00. The van der Waals surface area contributed by atoms with Gasteiger partial charge in [-0.15, -0.1) is 0 Å². The van der Waals surface area contributed by atoms with Crippen LogP contribution < -0.4 is 4.72 Å². The quantitative estimate of drug-likeness (QED) is 0.421. The molecule has 110 valence electrons. The Morgan fingerprint density at radius 1 is 1.25 bits per heavy atom. The lowest BCUT2D eigenvalue weighted by Crippen LogP contribution is -2.24. The van der Waals surface area contributed by atoms with Crippen LogP contribution in [0, 0.1) is 10.1 Å². The van der Waals surface area contributed by atoms with Crippen molar-refractivity contribution in [2.45, 2.75) is 24.2 Å². The lowest BCUT2D eigenvalue weighted by molar-refractivity contribution is -0.384. The Bertz CT molecular complexity index is 581. The molecule has 0 heterocycles. The van der Waals surface area contributed by atoms with E-state index in [1.165, 1.54) is 0 Å². The number of nitro benzene ring substituents is 1. The first-order valence-corrected chi connectivity index (χ1v) is 7.27. The van der Waals surface area contributed by atoms with Crippen LogP contribution in [0.25, 0.3) is 0 Å². The predicted octanol–water partition coefficient (Wildman–Crippen LogP) is 1.13. The van der Waals surface area contributed by atoms with Crippen molar-refractivity contribution in [3.8, 4) is 0 Å². The van der Waals surface area contributed by atoms with Gasteiger partial charge in [-0.25, -0.2) is 13.1 Å². The van der Waals surface area contributed by atoms with Crippen LogP contribution in [-0.4, -0.2) is 31.0 Å². The molecule has 0 bridgehead atoms. The zero-order valence-electron chi connectivity index (χ0n) is 10.5. The third-order valence-corrected chi connectivity index (χ3v) is 3.94. The Kier molecular flexibility index (Phi) is 5.59. The molecule has 1 rings (SSSR count). The Morgan fingerprint density at radius 2 is 1.85 bits per heavy atom. The molecule has 2 N–H and O–H groups in total. The van der Waals surface area contributed by atoms with Gasteiger partial charge in [-0.3, -0.25) is 14.9 Å². The molecule has 8 nitrogen and oxygen atoms in total. The summed E-state index contributed by atoms with van der Waals surface area (Å²) in [7, 11) is -3.72. The maximum absolute atomic E-state index is 11.8. The van der Waals surface area contributed by atoms with E-state index in [9.17, 15) is 23.3 Å². The molecule has 0 fully saturated rings. The number of nitrogens with one attached hydrogen (secondary N) is 1. The minimum absolute atomic E-state index is 0.0146. The number of hydrogen-bond donors (Lipinski definition) is 2. The van der Waals surface area contributed by atoms with E-state index >= 15 is 0 Å². The maximum atomic E-state index is 11.8. The van der Waals surface area contributed by atoms with E-state index in [4.69, 9.17) is 5.11 Å². The zero-order chi connectivity index (χ0) is 15.2. The predicted molar refractivity (Wildman–Crippen MR) is 69.8 cm³/mol. The highest BCUT2D eigenvalue weighted by Crippen LogP contribution is 2.15. The minimum atomic E-state index is -3.72. The van der Waals surface area contributed by atoms with Crippen LogP contribution >= 0.6 is 0 Å². The highest BCUT2D eigenvalue weighted by Gasteiger charge is 2.15. The summed E-state index contributed by atoms with van der Waals surface area (Å²) in [5, 5.41) is 18.9. The zero-order valence-corrected chi connectivity index (χ0v) is 11.3. The second-order valence-corrected chi connectivity index (χ2v) is 5.77. The van der Waals surface area contributed by atoms with E-state index in [0.717, 1.165) is 24.3 Å². The number of carbonyl (C=O) groups is 1. The maximum Gasteiger partial charge on any atom is 0.303 e. The van der Waals surface area contributed by atoms with Gasteiger partial charge in [0.1, 0.15) is 0 Å². The smallest absolute Gasteiger partial charge is 0.303 e.